The van der Waals surface area contributed by atoms with Crippen LogP contribution in [0.4, 0.5) is 4.79 Å². The zero-order valence-corrected chi connectivity index (χ0v) is 9.53. The smallest absolute Gasteiger partial charge is 0.410 e. The van der Waals surface area contributed by atoms with Crippen LogP contribution < -0.4 is 5.32 Å². The summed E-state index contributed by atoms with van der Waals surface area (Å²) in [5, 5.41) is 3.33. The average Bonchev–Trinajstić information content (AvgIpc) is 2.62. The first-order chi connectivity index (χ1) is 7.18. The molecule has 15 heavy (non-hydrogen) atoms. The van der Waals surface area contributed by atoms with Crippen molar-refractivity contribution < 1.29 is 9.53 Å². The Balaban J connectivity index is 1.92. The normalized spacial score (nSPS) is 28.6. The van der Waals surface area contributed by atoms with Gasteiger partial charge in [-0.05, 0) is 39.8 Å². The van der Waals surface area contributed by atoms with Crippen molar-refractivity contribution in [3.63, 3.8) is 0 Å². The lowest BCUT2D eigenvalue weighted by Gasteiger charge is -2.26. The van der Waals surface area contributed by atoms with Gasteiger partial charge in [0.2, 0.25) is 0 Å². The number of carbonyl (C=O) groups is 1. The lowest BCUT2D eigenvalue weighted by Crippen LogP contribution is -2.37. The molecule has 2 rings (SSSR count). The average molecular weight is 212 g/mol. The van der Waals surface area contributed by atoms with Crippen LogP contribution in [0.15, 0.2) is 0 Å². The first-order valence-electron chi connectivity index (χ1n) is 5.86. The number of nitrogens with one attached hydrogen (secondary N) is 1. The molecule has 0 aromatic rings. The van der Waals surface area contributed by atoms with E-state index in [0.29, 0.717) is 5.92 Å². The highest BCUT2D eigenvalue weighted by Gasteiger charge is 2.37. The minimum atomic E-state index is -0.131. The molecule has 1 unspecified atom stereocenters. The molecule has 2 fully saturated rings. The molecule has 1 amide bonds. The van der Waals surface area contributed by atoms with Crippen LogP contribution in [0.5, 0.6) is 0 Å². The summed E-state index contributed by atoms with van der Waals surface area (Å²) in [6, 6.07) is 0.254. The van der Waals surface area contributed by atoms with Gasteiger partial charge in [-0.3, -0.25) is 0 Å². The van der Waals surface area contributed by atoms with Crippen molar-refractivity contribution >= 4 is 6.09 Å². The molecule has 4 heteroatoms. The number of nitrogens with zero attached hydrogens (tertiary/aromatic N) is 1. The number of hydrogen-bond donors (Lipinski definition) is 1. The maximum Gasteiger partial charge on any atom is 0.410 e. The third-order valence-corrected chi connectivity index (χ3v) is 3.40. The molecule has 0 bridgehead atoms. The fraction of sp³-hybridized carbons (Fsp3) is 0.909. The predicted octanol–water partition coefficient (Wildman–Crippen LogP) is 1.22. The molecular formula is C11H20N2O2. The van der Waals surface area contributed by atoms with Gasteiger partial charge in [-0.25, -0.2) is 4.79 Å². The van der Waals surface area contributed by atoms with Crippen molar-refractivity contribution in [2.75, 3.05) is 19.6 Å². The lowest BCUT2D eigenvalue weighted by molar-refractivity contribution is 0.0902. The first-order valence-corrected chi connectivity index (χ1v) is 5.86. The molecule has 86 valence electrons. The largest absolute Gasteiger partial charge is 0.444 e. The third kappa shape index (κ3) is 2.25. The standard InChI is InChI=1S/C11H20N2O2/c1-8(2)13-7-10(15-11(13)14)9-3-5-12-6-4-9/h8-10,12H,3-7H2,1-2H3. The van der Waals surface area contributed by atoms with E-state index in [-0.39, 0.29) is 18.2 Å². The molecule has 0 spiro atoms. The van der Waals surface area contributed by atoms with Crippen LogP contribution in [0.1, 0.15) is 26.7 Å². The number of amides is 1. The van der Waals surface area contributed by atoms with Gasteiger partial charge < -0.3 is 15.0 Å². The Labute approximate surface area is 91.0 Å². The molecule has 4 nitrogen and oxygen atoms in total. The molecule has 1 N–H and O–H groups in total. The van der Waals surface area contributed by atoms with Crippen LogP contribution in [-0.2, 0) is 4.74 Å². The summed E-state index contributed by atoms with van der Waals surface area (Å²) >= 11 is 0. The number of cyclic esters (lactones) is 1. The molecule has 2 saturated heterocycles. The molecule has 0 aliphatic carbocycles. The van der Waals surface area contributed by atoms with Crippen LogP contribution in [0, 0.1) is 5.92 Å². The van der Waals surface area contributed by atoms with E-state index in [4.69, 9.17) is 4.74 Å². The fourth-order valence-electron chi connectivity index (χ4n) is 2.39. The fourth-order valence-corrected chi connectivity index (χ4v) is 2.39. The van der Waals surface area contributed by atoms with Crippen molar-refractivity contribution in [3.05, 3.63) is 0 Å². The Hall–Kier alpha value is -0.770. The number of hydrogen-bond acceptors (Lipinski definition) is 3. The van der Waals surface area contributed by atoms with Gasteiger partial charge in [0.05, 0.1) is 6.54 Å². The van der Waals surface area contributed by atoms with E-state index < -0.39 is 0 Å². The number of carbonyl (C=O) groups excluding carboxylic acids is 1. The van der Waals surface area contributed by atoms with E-state index in [2.05, 4.69) is 5.32 Å². The SMILES string of the molecule is CC(C)N1CC(C2CCNCC2)OC1=O. The molecule has 0 saturated carbocycles. The maximum atomic E-state index is 11.6. The Morgan fingerprint density at radius 1 is 1.40 bits per heavy atom. The van der Waals surface area contributed by atoms with Gasteiger partial charge >= 0.3 is 6.09 Å². The minimum absolute atomic E-state index is 0.127. The topological polar surface area (TPSA) is 41.6 Å². The van der Waals surface area contributed by atoms with E-state index in [1.807, 2.05) is 18.7 Å². The molecule has 0 radical (unpaired) electrons. The molecule has 2 heterocycles. The van der Waals surface area contributed by atoms with Gasteiger partial charge in [-0.1, -0.05) is 0 Å². The van der Waals surface area contributed by atoms with E-state index in [0.717, 1.165) is 32.5 Å². The minimum Gasteiger partial charge on any atom is -0.444 e. The Morgan fingerprint density at radius 3 is 2.60 bits per heavy atom. The predicted molar refractivity (Wildman–Crippen MR) is 57.7 cm³/mol. The van der Waals surface area contributed by atoms with Crippen molar-refractivity contribution in [2.45, 2.75) is 38.8 Å². The summed E-state index contributed by atoms with van der Waals surface area (Å²) in [4.78, 5) is 13.4. The van der Waals surface area contributed by atoms with Crippen LogP contribution >= 0.6 is 0 Å². The lowest BCUT2D eigenvalue weighted by atomic mass is 9.92. The second-order valence-corrected chi connectivity index (χ2v) is 4.76. The van der Waals surface area contributed by atoms with Gasteiger partial charge in [0.25, 0.3) is 0 Å². The van der Waals surface area contributed by atoms with Gasteiger partial charge in [0, 0.05) is 12.0 Å². The first kappa shape index (κ1) is 10.7. The quantitative estimate of drug-likeness (QED) is 0.748. The number of rotatable bonds is 2. The molecule has 0 aromatic carbocycles. The van der Waals surface area contributed by atoms with E-state index >= 15 is 0 Å². The third-order valence-electron chi connectivity index (χ3n) is 3.40. The monoisotopic (exact) mass is 212 g/mol. The summed E-state index contributed by atoms with van der Waals surface area (Å²) in [7, 11) is 0. The molecule has 0 aromatic heterocycles. The molecule has 2 aliphatic rings. The van der Waals surface area contributed by atoms with E-state index in [1.165, 1.54) is 0 Å². The second-order valence-electron chi connectivity index (χ2n) is 4.76. The van der Waals surface area contributed by atoms with E-state index in [9.17, 15) is 4.79 Å². The van der Waals surface area contributed by atoms with Crippen LogP contribution in [-0.4, -0.2) is 42.8 Å². The number of piperidine rings is 1. The summed E-state index contributed by atoms with van der Waals surface area (Å²) in [6.07, 6.45) is 2.25. The maximum absolute atomic E-state index is 11.6. The van der Waals surface area contributed by atoms with Crippen LogP contribution in [0.25, 0.3) is 0 Å². The highest BCUT2D eigenvalue weighted by Crippen LogP contribution is 2.25. The molecule has 2 aliphatic heterocycles. The Kier molecular flexibility index (Phi) is 3.14. The van der Waals surface area contributed by atoms with Gasteiger partial charge in [-0.2, -0.15) is 0 Å². The highest BCUT2D eigenvalue weighted by atomic mass is 16.6. The highest BCUT2D eigenvalue weighted by molar-refractivity contribution is 5.70. The van der Waals surface area contributed by atoms with Crippen LogP contribution in [0.3, 0.4) is 0 Å². The molecular weight excluding hydrogens is 192 g/mol. The zero-order valence-electron chi connectivity index (χ0n) is 9.53. The summed E-state index contributed by atoms with van der Waals surface area (Å²) in [5.41, 5.74) is 0. The van der Waals surface area contributed by atoms with Crippen molar-refractivity contribution in [3.8, 4) is 0 Å². The van der Waals surface area contributed by atoms with Crippen LogP contribution in [0.2, 0.25) is 0 Å². The molecule has 1 atom stereocenters. The summed E-state index contributed by atoms with van der Waals surface area (Å²) < 4.78 is 5.43. The second kappa shape index (κ2) is 4.39. The number of ether oxygens (including phenoxy) is 1. The zero-order chi connectivity index (χ0) is 10.8. The van der Waals surface area contributed by atoms with Gasteiger partial charge in [0.15, 0.2) is 0 Å². The van der Waals surface area contributed by atoms with Gasteiger partial charge in [0.1, 0.15) is 6.10 Å². The van der Waals surface area contributed by atoms with Crippen molar-refractivity contribution in [1.82, 2.24) is 10.2 Å². The Morgan fingerprint density at radius 2 is 2.07 bits per heavy atom. The Bertz CT molecular complexity index is 237. The summed E-state index contributed by atoms with van der Waals surface area (Å²) in [6.45, 7) is 6.96. The van der Waals surface area contributed by atoms with E-state index in [1.54, 1.807) is 0 Å². The van der Waals surface area contributed by atoms with Gasteiger partial charge in [-0.15, -0.1) is 0 Å². The summed E-state index contributed by atoms with van der Waals surface area (Å²) in [5.74, 6) is 0.555. The van der Waals surface area contributed by atoms with Crippen molar-refractivity contribution in [2.24, 2.45) is 5.92 Å². The van der Waals surface area contributed by atoms with Crippen molar-refractivity contribution in [1.29, 1.82) is 0 Å².